The number of nitrogens with zero attached hydrogens (tertiary/aromatic N) is 5. The smallest absolute Gasteiger partial charge is 0.154 e. The molecule has 0 unspecified atom stereocenters. The summed E-state index contributed by atoms with van der Waals surface area (Å²) in [5.41, 5.74) is 6.07. The summed E-state index contributed by atoms with van der Waals surface area (Å²) in [6, 6.07) is 21.6. The molecular weight excluding hydrogens is 384 g/mol. The van der Waals surface area contributed by atoms with Crippen molar-refractivity contribution in [1.82, 2.24) is 24.6 Å². The van der Waals surface area contributed by atoms with Gasteiger partial charge in [0.25, 0.3) is 0 Å². The largest absolute Gasteiger partial charge is 0.339 e. The molecule has 0 saturated carbocycles. The molecule has 0 amide bonds. The molecule has 4 heterocycles. The monoisotopic (exact) mass is 402 g/mol. The van der Waals surface area contributed by atoms with Crippen molar-refractivity contribution in [2.75, 3.05) is 5.32 Å². The summed E-state index contributed by atoms with van der Waals surface area (Å²) in [6.45, 7) is 1.95. The zero-order chi connectivity index (χ0) is 21.0. The third-order valence-corrected chi connectivity index (χ3v) is 4.80. The average Bonchev–Trinajstić information content (AvgIpc) is 3.22. The van der Waals surface area contributed by atoms with Crippen molar-refractivity contribution < 1.29 is 0 Å². The van der Waals surface area contributed by atoms with Gasteiger partial charge in [0.1, 0.15) is 11.5 Å². The van der Waals surface area contributed by atoms with Crippen LogP contribution in [0.25, 0.3) is 16.9 Å². The number of imidazole rings is 1. The normalized spacial score (nSPS) is 10.5. The molecule has 5 rings (SSSR count). The van der Waals surface area contributed by atoms with E-state index in [9.17, 15) is 0 Å². The molecule has 0 aliphatic rings. The van der Waals surface area contributed by atoms with Crippen molar-refractivity contribution in [3.05, 3.63) is 102 Å². The third kappa shape index (κ3) is 3.98. The molecule has 4 aromatic heterocycles. The fourth-order valence-electron chi connectivity index (χ4n) is 3.19. The van der Waals surface area contributed by atoms with Crippen molar-refractivity contribution in [2.45, 2.75) is 6.92 Å². The van der Waals surface area contributed by atoms with Gasteiger partial charge < -0.3 is 5.32 Å². The Bertz CT molecular complexity index is 1430. The summed E-state index contributed by atoms with van der Waals surface area (Å²) in [4.78, 5) is 13.1. The van der Waals surface area contributed by atoms with E-state index in [1.807, 2.05) is 73.7 Å². The van der Waals surface area contributed by atoms with E-state index in [2.05, 4.69) is 32.1 Å². The van der Waals surface area contributed by atoms with E-state index < -0.39 is 0 Å². The topological polar surface area (TPSA) is 68.0 Å². The Morgan fingerprint density at radius 1 is 0.839 bits per heavy atom. The van der Waals surface area contributed by atoms with Crippen LogP contribution in [0.1, 0.15) is 17.0 Å². The highest BCUT2D eigenvalue weighted by Gasteiger charge is 2.06. The van der Waals surface area contributed by atoms with Crippen LogP contribution in [-0.2, 0) is 0 Å². The van der Waals surface area contributed by atoms with E-state index in [0.717, 1.165) is 39.5 Å². The molecule has 148 valence electrons. The number of fused-ring (bicyclic) bond motifs is 1. The second-order valence-electron chi connectivity index (χ2n) is 6.94. The zero-order valence-corrected chi connectivity index (χ0v) is 16.8. The maximum Gasteiger partial charge on any atom is 0.154 e. The molecule has 0 saturated heterocycles. The highest BCUT2D eigenvalue weighted by Crippen LogP contribution is 2.18. The van der Waals surface area contributed by atoms with Gasteiger partial charge in [0.2, 0.25) is 0 Å². The van der Waals surface area contributed by atoms with Crippen molar-refractivity contribution in [2.24, 2.45) is 0 Å². The zero-order valence-electron chi connectivity index (χ0n) is 16.8. The molecule has 1 N–H and O–H groups in total. The molecular formula is C25H18N6. The number of rotatable bonds is 3. The van der Waals surface area contributed by atoms with Gasteiger partial charge >= 0.3 is 0 Å². The highest BCUT2D eigenvalue weighted by atomic mass is 15.3. The lowest BCUT2D eigenvalue weighted by Gasteiger charge is -2.07. The number of pyridine rings is 2. The molecule has 1 aromatic carbocycles. The fourth-order valence-corrected chi connectivity index (χ4v) is 3.19. The first-order valence-corrected chi connectivity index (χ1v) is 9.83. The van der Waals surface area contributed by atoms with Crippen LogP contribution in [-0.4, -0.2) is 24.6 Å². The summed E-state index contributed by atoms with van der Waals surface area (Å²) in [5.74, 6) is 7.09. The number of aromatic nitrogens is 5. The van der Waals surface area contributed by atoms with E-state index in [-0.39, 0.29) is 0 Å². The van der Waals surface area contributed by atoms with Gasteiger partial charge in [-0.25, -0.2) is 14.5 Å². The van der Waals surface area contributed by atoms with E-state index in [1.54, 1.807) is 23.1 Å². The van der Waals surface area contributed by atoms with Crippen molar-refractivity contribution in [3.8, 4) is 23.1 Å². The fraction of sp³-hybridized carbons (Fsp3) is 0.0400. The van der Waals surface area contributed by atoms with Crippen LogP contribution >= 0.6 is 0 Å². The predicted octanol–water partition coefficient (Wildman–Crippen LogP) is 4.64. The van der Waals surface area contributed by atoms with Crippen molar-refractivity contribution in [1.29, 1.82) is 0 Å². The first-order chi connectivity index (χ1) is 15.3. The summed E-state index contributed by atoms with van der Waals surface area (Å²) in [6.07, 6.45) is 5.24. The summed E-state index contributed by atoms with van der Waals surface area (Å²) >= 11 is 0. The van der Waals surface area contributed by atoms with Gasteiger partial charge in [-0.2, -0.15) is 5.10 Å². The van der Waals surface area contributed by atoms with E-state index in [4.69, 9.17) is 5.10 Å². The Hall–Kier alpha value is -4.50. The average molecular weight is 402 g/mol. The maximum absolute atomic E-state index is 4.72. The molecule has 0 aliphatic carbocycles. The standard InChI is InChI=1S/C25H18N6/c1-18-22(8-5-14-26-18)29-24-16-19(13-15-27-24)9-10-21-17-28-25-12-11-23(30-31(21)25)20-6-3-2-4-7-20/h2-8,11-17H,1H3,(H,27,29). The second kappa shape index (κ2) is 8.09. The first kappa shape index (κ1) is 18.5. The molecule has 6 nitrogen and oxygen atoms in total. The second-order valence-corrected chi connectivity index (χ2v) is 6.94. The van der Waals surface area contributed by atoms with Crippen LogP contribution in [0, 0.1) is 18.8 Å². The number of anilines is 2. The molecule has 0 spiro atoms. The number of benzene rings is 1. The van der Waals surface area contributed by atoms with Gasteiger partial charge in [-0.05, 0) is 49.2 Å². The Balaban J connectivity index is 1.45. The van der Waals surface area contributed by atoms with Crippen LogP contribution in [0.15, 0.2) is 85.3 Å². The minimum Gasteiger partial charge on any atom is -0.339 e. The molecule has 0 aliphatic heterocycles. The SMILES string of the molecule is Cc1ncccc1Nc1cc(C#Cc2cnc3ccc(-c4ccccc4)nn23)ccn1. The molecule has 0 fully saturated rings. The third-order valence-electron chi connectivity index (χ3n) is 4.80. The van der Waals surface area contributed by atoms with Crippen LogP contribution in [0.3, 0.4) is 0 Å². The van der Waals surface area contributed by atoms with E-state index in [1.165, 1.54) is 0 Å². The lowest BCUT2D eigenvalue weighted by atomic mass is 10.1. The quantitative estimate of drug-likeness (QED) is 0.445. The summed E-state index contributed by atoms with van der Waals surface area (Å²) in [5, 5.41) is 8.01. The van der Waals surface area contributed by atoms with E-state index >= 15 is 0 Å². The van der Waals surface area contributed by atoms with Gasteiger partial charge in [-0.1, -0.05) is 36.3 Å². The van der Waals surface area contributed by atoms with Gasteiger partial charge in [0.15, 0.2) is 5.65 Å². The lowest BCUT2D eigenvalue weighted by Crippen LogP contribution is -1.97. The van der Waals surface area contributed by atoms with Crippen LogP contribution in [0.4, 0.5) is 11.5 Å². The van der Waals surface area contributed by atoms with Gasteiger partial charge in [0, 0.05) is 23.5 Å². The molecule has 31 heavy (non-hydrogen) atoms. The van der Waals surface area contributed by atoms with Crippen molar-refractivity contribution in [3.63, 3.8) is 0 Å². The van der Waals surface area contributed by atoms with E-state index in [0.29, 0.717) is 5.82 Å². The van der Waals surface area contributed by atoms with Gasteiger partial charge in [-0.3, -0.25) is 4.98 Å². The van der Waals surface area contributed by atoms with Crippen molar-refractivity contribution >= 4 is 17.2 Å². The lowest BCUT2D eigenvalue weighted by molar-refractivity contribution is 0.930. The Labute approximate surface area is 179 Å². The number of nitrogens with one attached hydrogen (secondary N) is 1. The predicted molar refractivity (Wildman–Crippen MR) is 121 cm³/mol. The van der Waals surface area contributed by atoms with Crippen LogP contribution in [0.2, 0.25) is 0 Å². The number of hydrogen-bond acceptors (Lipinski definition) is 5. The minimum atomic E-state index is 0.713. The summed E-state index contributed by atoms with van der Waals surface area (Å²) < 4.78 is 1.77. The van der Waals surface area contributed by atoms with Gasteiger partial charge in [-0.15, -0.1) is 0 Å². The Kier molecular flexibility index (Phi) is 4.83. The molecule has 0 bridgehead atoms. The number of aryl methyl sites for hydroxylation is 1. The summed E-state index contributed by atoms with van der Waals surface area (Å²) in [7, 11) is 0. The van der Waals surface area contributed by atoms with Crippen LogP contribution in [0.5, 0.6) is 0 Å². The maximum atomic E-state index is 4.72. The molecule has 6 heteroatoms. The minimum absolute atomic E-state index is 0.713. The highest BCUT2D eigenvalue weighted by molar-refractivity contribution is 5.61. The Morgan fingerprint density at radius 3 is 2.61 bits per heavy atom. The molecule has 5 aromatic rings. The van der Waals surface area contributed by atoms with Crippen LogP contribution < -0.4 is 5.32 Å². The molecule has 0 radical (unpaired) electrons. The number of hydrogen-bond donors (Lipinski definition) is 1. The Morgan fingerprint density at radius 2 is 1.74 bits per heavy atom. The molecule has 0 atom stereocenters. The first-order valence-electron chi connectivity index (χ1n) is 9.83. The van der Waals surface area contributed by atoms with Gasteiger partial charge in [0.05, 0.1) is 23.3 Å².